The van der Waals surface area contributed by atoms with Crippen LogP contribution in [-0.4, -0.2) is 33.9 Å². The molecule has 0 aliphatic heterocycles. The molecule has 0 unspecified atom stereocenters. The Balaban J connectivity index is 1.49. The molecular weight excluding hydrogens is 310 g/mol. The molecule has 7 heteroatoms. The largest absolute Gasteiger partial charge is 0.355 e. The van der Waals surface area contributed by atoms with Crippen molar-refractivity contribution >= 4 is 23.2 Å². The Bertz CT molecular complexity index is 644. The number of aromatic nitrogens is 3. The standard InChI is InChI=1S/C16H21N5OS/c1-2-17-16-19-9-11(10-20-16)15(22)18-8-7-14-21-12-5-3-4-6-13(12)23-14/h9-10H,2-8H2,1H3,(H,18,22)(H,17,19,20). The van der Waals surface area contributed by atoms with Crippen LogP contribution in [0.15, 0.2) is 12.4 Å². The van der Waals surface area contributed by atoms with Gasteiger partial charge in [-0.3, -0.25) is 4.79 Å². The van der Waals surface area contributed by atoms with Gasteiger partial charge in [-0.15, -0.1) is 11.3 Å². The second-order valence-corrected chi connectivity index (χ2v) is 6.68. The topological polar surface area (TPSA) is 79.8 Å². The number of nitrogens with one attached hydrogen (secondary N) is 2. The predicted molar refractivity (Wildman–Crippen MR) is 91.0 cm³/mol. The van der Waals surface area contributed by atoms with E-state index in [1.54, 1.807) is 23.7 Å². The van der Waals surface area contributed by atoms with Crippen molar-refractivity contribution in [1.82, 2.24) is 20.3 Å². The van der Waals surface area contributed by atoms with Crippen molar-refractivity contribution in [2.24, 2.45) is 0 Å². The number of carbonyl (C=O) groups excluding carboxylic acids is 1. The van der Waals surface area contributed by atoms with Gasteiger partial charge >= 0.3 is 0 Å². The van der Waals surface area contributed by atoms with E-state index in [9.17, 15) is 4.79 Å². The Kier molecular flexibility index (Phi) is 5.17. The van der Waals surface area contributed by atoms with Gasteiger partial charge in [-0.1, -0.05) is 0 Å². The first kappa shape index (κ1) is 15.9. The first-order valence-corrected chi connectivity index (χ1v) is 8.89. The zero-order valence-electron chi connectivity index (χ0n) is 13.3. The summed E-state index contributed by atoms with van der Waals surface area (Å²) in [5, 5.41) is 7.03. The third-order valence-corrected chi connectivity index (χ3v) is 4.98. The van der Waals surface area contributed by atoms with Crippen molar-refractivity contribution in [3.8, 4) is 0 Å². The molecule has 2 aromatic heterocycles. The highest BCUT2D eigenvalue weighted by molar-refractivity contribution is 7.11. The van der Waals surface area contributed by atoms with Crippen molar-refractivity contribution in [1.29, 1.82) is 0 Å². The van der Waals surface area contributed by atoms with Gasteiger partial charge < -0.3 is 10.6 Å². The highest BCUT2D eigenvalue weighted by Crippen LogP contribution is 2.26. The van der Waals surface area contributed by atoms with Gasteiger partial charge in [-0.05, 0) is 32.6 Å². The van der Waals surface area contributed by atoms with E-state index in [1.807, 2.05) is 6.92 Å². The summed E-state index contributed by atoms with van der Waals surface area (Å²) in [6, 6.07) is 0. The van der Waals surface area contributed by atoms with E-state index in [4.69, 9.17) is 0 Å². The Morgan fingerprint density at radius 2 is 2.04 bits per heavy atom. The molecule has 1 amide bonds. The third-order valence-electron chi connectivity index (χ3n) is 3.76. The van der Waals surface area contributed by atoms with Crippen LogP contribution >= 0.6 is 11.3 Å². The second kappa shape index (κ2) is 7.50. The quantitative estimate of drug-likeness (QED) is 0.848. The van der Waals surface area contributed by atoms with Gasteiger partial charge in [0.2, 0.25) is 5.95 Å². The van der Waals surface area contributed by atoms with Crippen molar-refractivity contribution in [3.63, 3.8) is 0 Å². The van der Waals surface area contributed by atoms with Crippen LogP contribution in [0.3, 0.4) is 0 Å². The molecule has 1 aliphatic carbocycles. The molecular formula is C16H21N5OS. The van der Waals surface area contributed by atoms with Gasteiger partial charge in [0.15, 0.2) is 0 Å². The van der Waals surface area contributed by atoms with Gasteiger partial charge in [0, 0.05) is 36.8 Å². The minimum atomic E-state index is -0.144. The van der Waals surface area contributed by atoms with Crippen molar-refractivity contribution in [2.75, 3.05) is 18.4 Å². The number of nitrogens with zero attached hydrogens (tertiary/aromatic N) is 3. The van der Waals surface area contributed by atoms with Gasteiger partial charge in [0.05, 0.1) is 16.3 Å². The van der Waals surface area contributed by atoms with Gasteiger partial charge in [0.25, 0.3) is 5.91 Å². The van der Waals surface area contributed by atoms with Crippen LogP contribution in [0.5, 0.6) is 0 Å². The van der Waals surface area contributed by atoms with Crippen LogP contribution in [0, 0.1) is 0 Å². The number of carbonyl (C=O) groups is 1. The SMILES string of the molecule is CCNc1ncc(C(=O)NCCc2nc3c(s2)CCCC3)cn1. The van der Waals surface area contributed by atoms with Crippen molar-refractivity contribution < 1.29 is 4.79 Å². The van der Waals surface area contributed by atoms with E-state index >= 15 is 0 Å². The molecule has 2 aromatic rings. The molecule has 2 heterocycles. The summed E-state index contributed by atoms with van der Waals surface area (Å²) >= 11 is 1.79. The minimum absolute atomic E-state index is 0.144. The first-order chi connectivity index (χ1) is 11.3. The molecule has 0 aromatic carbocycles. The first-order valence-electron chi connectivity index (χ1n) is 8.08. The number of fused-ring (bicyclic) bond motifs is 1. The summed E-state index contributed by atoms with van der Waals surface area (Å²) in [5.41, 5.74) is 1.75. The Labute approximate surface area is 139 Å². The number of aryl methyl sites for hydroxylation is 2. The maximum atomic E-state index is 12.1. The normalized spacial score (nSPS) is 13.4. The summed E-state index contributed by atoms with van der Waals surface area (Å²) in [4.78, 5) is 26.4. The summed E-state index contributed by atoms with van der Waals surface area (Å²) in [6.45, 7) is 3.31. The molecule has 3 rings (SSSR count). The third kappa shape index (κ3) is 4.04. The van der Waals surface area contributed by atoms with E-state index < -0.39 is 0 Å². The highest BCUT2D eigenvalue weighted by atomic mass is 32.1. The summed E-state index contributed by atoms with van der Waals surface area (Å²) < 4.78 is 0. The van der Waals surface area contributed by atoms with Crippen LogP contribution in [0.1, 0.15) is 45.7 Å². The molecule has 0 fully saturated rings. The lowest BCUT2D eigenvalue weighted by Gasteiger charge is -2.06. The zero-order chi connectivity index (χ0) is 16.1. The minimum Gasteiger partial charge on any atom is -0.355 e. The van der Waals surface area contributed by atoms with E-state index in [1.165, 1.54) is 23.4 Å². The molecule has 2 N–H and O–H groups in total. The lowest BCUT2D eigenvalue weighted by atomic mass is 10.0. The fourth-order valence-electron chi connectivity index (χ4n) is 2.59. The molecule has 0 bridgehead atoms. The lowest BCUT2D eigenvalue weighted by molar-refractivity contribution is 0.0953. The Hall–Kier alpha value is -2.02. The zero-order valence-corrected chi connectivity index (χ0v) is 14.1. The maximum Gasteiger partial charge on any atom is 0.254 e. The maximum absolute atomic E-state index is 12.1. The van der Waals surface area contributed by atoms with E-state index in [0.717, 1.165) is 30.8 Å². The molecule has 122 valence electrons. The van der Waals surface area contributed by atoms with Crippen molar-refractivity contribution in [2.45, 2.75) is 39.0 Å². The molecule has 1 aliphatic rings. The number of anilines is 1. The number of thiazole rings is 1. The summed E-state index contributed by atoms with van der Waals surface area (Å²) in [7, 11) is 0. The fourth-order valence-corrected chi connectivity index (χ4v) is 3.75. The smallest absolute Gasteiger partial charge is 0.254 e. The predicted octanol–water partition coefficient (Wildman–Crippen LogP) is 2.22. The average Bonchev–Trinajstić information content (AvgIpc) is 2.98. The van der Waals surface area contributed by atoms with Gasteiger partial charge in [-0.2, -0.15) is 0 Å². The van der Waals surface area contributed by atoms with Crippen LogP contribution in [0.4, 0.5) is 5.95 Å². The Morgan fingerprint density at radius 1 is 1.26 bits per heavy atom. The number of hydrogen-bond acceptors (Lipinski definition) is 6. The molecule has 0 atom stereocenters. The van der Waals surface area contributed by atoms with Crippen LogP contribution in [0.2, 0.25) is 0 Å². The lowest BCUT2D eigenvalue weighted by Crippen LogP contribution is -2.26. The van der Waals surface area contributed by atoms with Crippen LogP contribution < -0.4 is 10.6 Å². The molecule has 6 nitrogen and oxygen atoms in total. The molecule has 23 heavy (non-hydrogen) atoms. The van der Waals surface area contributed by atoms with Gasteiger partial charge in [0.1, 0.15) is 0 Å². The number of rotatable bonds is 6. The van der Waals surface area contributed by atoms with E-state index in [-0.39, 0.29) is 5.91 Å². The highest BCUT2D eigenvalue weighted by Gasteiger charge is 2.15. The van der Waals surface area contributed by atoms with Gasteiger partial charge in [-0.25, -0.2) is 15.0 Å². The van der Waals surface area contributed by atoms with Crippen molar-refractivity contribution in [3.05, 3.63) is 33.5 Å². The molecule has 0 radical (unpaired) electrons. The van der Waals surface area contributed by atoms with Crippen LogP contribution in [-0.2, 0) is 19.3 Å². The average molecular weight is 331 g/mol. The summed E-state index contributed by atoms with van der Waals surface area (Å²) in [6.07, 6.45) is 8.65. The number of amides is 1. The molecule has 0 spiro atoms. The van der Waals surface area contributed by atoms with Crippen LogP contribution in [0.25, 0.3) is 0 Å². The molecule has 0 saturated heterocycles. The van der Waals surface area contributed by atoms with E-state index in [0.29, 0.717) is 18.1 Å². The monoisotopic (exact) mass is 331 g/mol. The second-order valence-electron chi connectivity index (χ2n) is 5.52. The summed E-state index contributed by atoms with van der Waals surface area (Å²) in [5.74, 6) is 0.395. The molecule has 0 saturated carbocycles. The Morgan fingerprint density at radius 3 is 2.78 bits per heavy atom. The van der Waals surface area contributed by atoms with E-state index in [2.05, 4.69) is 25.6 Å². The number of hydrogen-bond donors (Lipinski definition) is 2. The fraction of sp³-hybridized carbons (Fsp3) is 0.500.